The van der Waals surface area contributed by atoms with E-state index in [9.17, 15) is 9.90 Å². The summed E-state index contributed by atoms with van der Waals surface area (Å²) in [5, 5.41) is 10.4. The number of aromatic carboxylic acids is 1. The molecule has 0 atom stereocenters. The van der Waals surface area contributed by atoms with E-state index in [4.69, 9.17) is 0 Å². The maximum absolute atomic E-state index is 11.5. The van der Waals surface area contributed by atoms with Gasteiger partial charge in [0.15, 0.2) is 0 Å². The zero-order valence-corrected chi connectivity index (χ0v) is 11.9. The lowest BCUT2D eigenvalue weighted by atomic mass is 10.1. The fraction of sp³-hybridized carbons (Fsp3) is 0.333. The van der Waals surface area contributed by atoms with Gasteiger partial charge in [-0.3, -0.25) is 4.98 Å². The van der Waals surface area contributed by atoms with E-state index in [1.165, 1.54) is 6.20 Å². The normalized spacial score (nSPS) is 16.1. The lowest BCUT2D eigenvalue weighted by Gasteiger charge is -2.25. The van der Waals surface area contributed by atoms with Crippen LogP contribution in [0.2, 0.25) is 0 Å². The van der Waals surface area contributed by atoms with Gasteiger partial charge in [-0.25, -0.2) is 4.79 Å². The molecule has 1 aliphatic heterocycles. The Morgan fingerprint density at radius 3 is 2.95 bits per heavy atom. The zero-order chi connectivity index (χ0) is 13.9. The van der Waals surface area contributed by atoms with E-state index in [2.05, 4.69) is 9.88 Å². The average Bonchev–Trinajstić information content (AvgIpc) is 2.74. The maximum atomic E-state index is 11.5. The van der Waals surface area contributed by atoms with E-state index < -0.39 is 5.97 Å². The lowest BCUT2D eigenvalue weighted by Crippen LogP contribution is -2.27. The SMILES string of the molecule is O=C(O)c1cnc2ccccc2c1N1CCCSCC1. The van der Waals surface area contributed by atoms with Crippen LogP contribution in [0.15, 0.2) is 30.5 Å². The quantitative estimate of drug-likeness (QED) is 0.921. The first-order chi connectivity index (χ1) is 9.77. The van der Waals surface area contributed by atoms with Crippen LogP contribution in [0.5, 0.6) is 0 Å². The van der Waals surface area contributed by atoms with Crippen LogP contribution in [0.4, 0.5) is 5.69 Å². The van der Waals surface area contributed by atoms with E-state index in [0.717, 1.165) is 47.6 Å². The molecule has 0 saturated carbocycles. The standard InChI is InChI=1S/C15H16N2O2S/c18-15(19)12-10-16-13-5-2-1-4-11(13)14(12)17-6-3-8-20-9-7-17/h1-2,4-5,10H,3,6-9H2,(H,18,19). The molecule has 0 bridgehead atoms. The van der Waals surface area contributed by atoms with Gasteiger partial charge >= 0.3 is 5.97 Å². The van der Waals surface area contributed by atoms with Gasteiger partial charge in [-0.2, -0.15) is 11.8 Å². The van der Waals surface area contributed by atoms with Gasteiger partial charge < -0.3 is 10.0 Å². The Kier molecular flexibility index (Phi) is 3.78. The molecule has 1 saturated heterocycles. The number of hydrogen-bond acceptors (Lipinski definition) is 4. The number of aromatic nitrogens is 1. The van der Waals surface area contributed by atoms with Gasteiger partial charge in [0.25, 0.3) is 0 Å². The van der Waals surface area contributed by atoms with Crippen LogP contribution in [0.1, 0.15) is 16.8 Å². The Morgan fingerprint density at radius 1 is 1.25 bits per heavy atom. The van der Waals surface area contributed by atoms with Crippen LogP contribution < -0.4 is 4.90 Å². The molecule has 104 valence electrons. The van der Waals surface area contributed by atoms with E-state index in [1.807, 2.05) is 36.0 Å². The molecule has 0 aliphatic carbocycles. The zero-order valence-electron chi connectivity index (χ0n) is 11.1. The Morgan fingerprint density at radius 2 is 2.10 bits per heavy atom. The third-order valence-electron chi connectivity index (χ3n) is 3.52. The number of rotatable bonds is 2. The Bertz CT molecular complexity index is 637. The van der Waals surface area contributed by atoms with Gasteiger partial charge in [-0.15, -0.1) is 0 Å². The number of hydrogen-bond donors (Lipinski definition) is 1. The van der Waals surface area contributed by atoms with Crippen molar-refractivity contribution in [1.29, 1.82) is 0 Å². The predicted octanol–water partition coefficient (Wildman–Crippen LogP) is 2.88. The number of thioether (sulfide) groups is 1. The number of nitrogens with zero attached hydrogens (tertiary/aromatic N) is 2. The molecule has 0 spiro atoms. The van der Waals surface area contributed by atoms with E-state index in [1.54, 1.807) is 0 Å². The Labute approximate surface area is 121 Å². The second-order valence-corrected chi connectivity index (χ2v) is 6.02. The molecule has 1 aliphatic rings. The second-order valence-electron chi connectivity index (χ2n) is 4.80. The number of para-hydroxylation sites is 1. The average molecular weight is 288 g/mol. The first kappa shape index (κ1) is 13.2. The monoisotopic (exact) mass is 288 g/mol. The summed E-state index contributed by atoms with van der Waals surface area (Å²) in [6.07, 6.45) is 2.57. The molecule has 5 heteroatoms. The highest BCUT2D eigenvalue weighted by Gasteiger charge is 2.20. The molecule has 0 unspecified atom stereocenters. The van der Waals surface area contributed by atoms with Crippen molar-refractivity contribution in [1.82, 2.24) is 4.98 Å². The van der Waals surface area contributed by atoms with Gasteiger partial charge in [0.2, 0.25) is 0 Å². The first-order valence-corrected chi connectivity index (χ1v) is 7.86. The highest BCUT2D eigenvalue weighted by Crippen LogP contribution is 2.31. The van der Waals surface area contributed by atoms with Crippen molar-refractivity contribution in [2.75, 3.05) is 29.5 Å². The molecule has 2 aromatic rings. The summed E-state index contributed by atoms with van der Waals surface area (Å²) in [6.45, 7) is 1.79. The predicted molar refractivity (Wildman–Crippen MR) is 82.9 cm³/mol. The largest absolute Gasteiger partial charge is 0.478 e. The molecule has 20 heavy (non-hydrogen) atoms. The molecule has 1 N–H and O–H groups in total. The smallest absolute Gasteiger partial charge is 0.339 e. The number of carbonyl (C=O) groups is 1. The summed E-state index contributed by atoms with van der Waals surface area (Å²) in [6, 6.07) is 7.75. The van der Waals surface area contributed by atoms with Crippen LogP contribution in [-0.4, -0.2) is 40.7 Å². The van der Waals surface area contributed by atoms with Gasteiger partial charge in [-0.05, 0) is 18.2 Å². The van der Waals surface area contributed by atoms with Gasteiger partial charge in [0.1, 0.15) is 5.56 Å². The maximum Gasteiger partial charge on any atom is 0.339 e. The van der Waals surface area contributed by atoms with Gasteiger partial charge in [0.05, 0.1) is 11.2 Å². The van der Waals surface area contributed by atoms with Crippen molar-refractivity contribution in [2.45, 2.75) is 6.42 Å². The summed E-state index contributed by atoms with van der Waals surface area (Å²) in [4.78, 5) is 18.0. The molecule has 1 fully saturated rings. The summed E-state index contributed by atoms with van der Waals surface area (Å²) in [5.74, 6) is 1.27. The number of carboxylic acid groups (broad SMARTS) is 1. The summed E-state index contributed by atoms with van der Waals surface area (Å²) < 4.78 is 0. The minimum Gasteiger partial charge on any atom is -0.478 e. The highest BCUT2D eigenvalue weighted by atomic mass is 32.2. The fourth-order valence-electron chi connectivity index (χ4n) is 2.59. The van der Waals surface area contributed by atoms with Crippen molar-refractivity contribution in [3.63, 3.8) is 0 Å². The molecule has 1 aromatic carbocycles. The van der Waals surface area contributed by atoms with Crippen molar-refractivity contribution < 1.29 is 9.90 Å². The Hall–Kier alpha value is -1.75. The molecule has 1 aromatic heterocycles. The minimum atomic E-state index is -0.907. The van der Waals surface area contributed by atoms with Crippen molar-refractivity contribution in [3.05, 3.63) is 36.0 Å². The van der Waals surface area contributed by atoms with Crippen molar-refractivity contribution in [2.24, 2.45) is 0 Å². The molecular formula is C15H16N2O2S. The summed E-state index contributed by atoms with van der Waals surface area (Å²) in [5.41, 5.74) is 1.98. The highest BCUT2D eigenvalue weighted by molar-refractivity contribution is 7.99. The van der Waals surface area contributed by atoms with E-state index in [0.29, 0.717) is 5.56 Å². The number of fused-ring (bicyclic) bond motifs is 1. The number of carboxylic acids is 1. The van der Waals surface area contributed by atoms with Crippen LogP contribution in [0.25, 0.3) is 10.9 Å². The number of pyridine rings is 1. The van der Waals surface area contributed by atoms with Crippen LogP contribution >= 0.6 is 11.8 Å². The van der Waals surface area contributed by atoms with E-state index >= 15 is 0 Å². The van der Waals surface area contributed by atoms with Gasteiger partial charge in [0, 0.05) is 30.4 Å². The van der Waals surface area contributed by atoms with Crippen LogP contribution in [0, 0.1) is 0 Å². The van der Waals surface area contributed by atoms with Crippen molar-refractivity contribution in [3.8, 4) is 0 Å². The fourth-order valence-corrected chi connectivity index (χ4v) is 3.48. The van der Waals surface area contributed by atoms with E-state index in [-0.39, 0.29) is 0 Å². The van der Waals surface area contributed by atoms with Crippen LogP contribution in [-0.2, 0) is 0 Å². The van der Waals surface area contributed by atoms with Gasteiger partial charge in [-0.1, -0.05) is 18.2 Å². The number of benzene rings is 1. The summed E-state index contributed by atoms with van der Waals surface area (Å²) in [7, 11) is 0. The third kappa shape index (κ3) is 2.45. The number of anilines is 1. The van der Waals surface area contributed by atoms with Crippen LogP contribution in [0.3, 0.4) is 0 Å². The first-order valence-electron chi connectivity index (χ1n) is 6.71. The third-order valence-corrected chi connectivity index (χ3v) is 4.56. The summed E-state index contributed by atoms with van der Waals surface area (Å²) >= 11 is 1.93. The Balaban J connectivity index is 2.18. The molecule has 3 rings (SSSR count). The second kappa shape index (κ2) is 5.71. The van der Waals surface area contributed by atoms with Crippen molar-refractivity contribution >= 4 is 34.3 Å². The molecule has 0 amide bonds. The molecule has 0 radical (unpaired) electrons. The minimum absolute atomic E-state index is 0.301. The molecule has 2 heterocycles. The molecular weight excluding hydrogens is 272 g/mol. The molecule has 4 nitrogen and oxygen atoms in total. The lowest BCUT2D eigenvalue weighted by molar-refractivity contribution is 0.0697. The topological polar surface area (TPSA) is 53.4 Å².